The standard InChI is InChI=1S/C7H8BrN3O2/c1-2-9-6-4(8)5(7(12)13)10-3-11-6/h3H,2H2,1H3,(H,12,13)(H,9,10,11). The van der Waals surface area contributed by atoms with E-state index in [0.29, 0.717) is 16.8 Å². The Bertz CT molecular complexity index is 330. The number of carboxylic acids is 1. The third-order valence-corrected chi connectivity index (χ3v) is 2.09. The van der Waals surface area contributed by atoms with E-state index in [-0.39, 0.29) is 5.69 Å². The van der Waals surface area contributed by atoms with Gasteiger partial charge in [-0.15, -0.1) is 0 Å². The van der Waals surface area contributed by atoms with E-state index in [4.69, 9.17) is 5.11 Å². The molecule has 0 unspecified atom stereocenters. The smallest absolute Gasteiger partial charge is 0.355 e. The molecule has 0 radical (unpaired) electrons. The Morgan fingerprint density at radius 1 is 1.69 bits per heavy atom. The Kier molecular flexibility index (Phi) is 3.18. The predicted octanol–water partition coefficient (Wildman–Crippen LogP) is 1.37. The summed E-state index contributed by atoms with van der Waals surface area (Å²) in [5.74, 6) is -0.580. The minimum Gasteiger partial charge on any atom is -0.476 e. The van der Waals surface area contributed by atoms with Gasteiger partial charge in [0, 0.05) is 6.54 Å². The number of anilines is 1. The number of carboxylic acid groups (broad SMARTS) is 1. The zero-order valence-corrected chi connectivity index (χ0v) is 8.50. The van der Waals surface area contributed by atoms with E-state index in [1.807, 2.05) is 6.92 Å². The van der Waals surface area contributed by atoms with Crippen LogP contribution in [0.2, 0.25) is 0 Å². The first-order valence-electron chi connectivity index (χ1n) is 3.64. The minimum atomic E-state index is -1.08. The molecule has 0 bridgehead atoms. The van der Waals surface area contributed by atoms with Crippen LogP contribution >= 0.6 is 15.9 Å². The predicted molar refractivity (Wildman–Crippen MR) is 50.9 cm³/mol. The number of rotatable bonds is 3. The van der Waals surface area contributed by atoms with Crippen molar-refractivity contribution in [2.24, 2.45) is 0 Å². The first-order valence-corrected chi connectivity index (χ1v) is 4.43. The van der Waals surface area contributed by atoms with Gasteiger partial charge in [0.15, 0.2) is 5.69 Å². The second-order valence-electron chi connectivity index (χ2n) is 2.22. The van der Waals surface area contributed by atoms with Crippen molar-refractivity contribution < 1.29 is 9.90 Å². The molecule has 1 aromatic heterocycles. The van der Waals surface area contributed by atoms with E-state index in [2.05, 4.69) is 31.2 Å². The fourth-order valence-corrected chi connectivity index (χ4v) is 1.32. The molecule has 6 heteroatoms. The lowest BCUT2D eigenvalue weighted by molar-refractivity contribution is 0.0689. The maximum Gasteiger partial charge on any atom is 0.355 e. The number of carbonyl (C=O) groups is 1. The van der Waals surface area contributed by atoms with Gasteiger partial charge in [0.2, 0.25) is 0 Å². The molecule has 5 nitrogen and oxygen atoms in total. The molecule has 1 heterocycles. The van der Waals surface area contributed by atoms with E-state index in [1.54, 1.807) is 0 Å². The van der Waals surface area contributed by atoms with Gasteiger partial charge < -0.3 is 10.4 Å². The molecule has 0 saturated heterocycles. The summed E-state index contributed by atoms with van der Waals surface area (Å²) in [7, 11) is 0. The quantitative estimate of drug-likeness (QED) is 0.842. The summed E-state index contributed by atoms with van der Waals surface area (Å²) < 4.78 is 0.379. The van der Waals surface area contributed by atoms with Crippen LogP contribution in [0.1, 0.15) is 17.4 Å². The van der Waals surface area contributed by atoms with Crippen LogP contribution in [-0.2, 0) is 0 Å². The van der Waals surface area contributed by atoms with Gasteiger partial charge in [0.05, 0.1) is 4.47 Å². The monoisotopic (exact) mass is 245 g/mol. The Hall–Kier alpha value is -1.17. The van der Waals surface area contributed by atoms with Crippen LogP contribution in [0.25, 0.3) is 0 Å². The molecule has 1 rings (SSSR count). The van der Waals surface area contributed by atoms with E-state index in [0.717, 1.165) is 0 Å². The Morgan fingerprint density at radius 2 is 2.38 bits per heavy atom. The lowest BCUT2D eigenvalue weighted by atomic mass is 10.4. The van der Waals surface area contributed by atoms with Crippen LogP contribution in [0.5, 0.6) is 0 Å². The van der Waals surface area contributed by atoms with Crippen molar-refractivity contribution in [3.05, 3.63) is 16.5 Å². The number of nitrogens with zero attached hydrogens (tertiary/aromatic N) is 2. The van der Waals surface area contributed by atoms with Crippen LogP contribution in [0.4, 0.5) is 5.82 Å². The number of halogens is 1. The first-order chi connectivity index (χ1) is 6.16. The molecule has 0 aromatic carbocycles. The van der Waals surface area contributed by atoms with Crippen molar-refractivity contribution in [3.63, 3.8) is 0 Å². The number of hydrogen-bond acceptors (Lipinski definition) is 4. The molecule has 0 atom stereocenters. The van der Waals surface area contributed by atoms with Gasteiger partial charge in [-0.2, -0.15) is 0 Å². The number of nitrogens with one attached hydrogen (secondary N) is 1. The van der Waals surface area contributed by atoms with Crippen LogP contribution in [0.15, 0.2) is 10.8 Å². The summed E-state index contributed by atoms with van der Waals surface area (Å²) >= 11 is 3.11. The summed E-state index contributed by atoms with van der Waals surface area (Å²) in [6.45, 7) is 2.57. The topological polar surface area (TPSA) is 75.1 Å². The van der Waals surface area contributed by atoms with Crippen molar-refractivity contribution in [2.45, 2.75) is 6.92 Å². The van der Waals surface area contributed by atoms with Gasteiger partial charge in [-0.3, -0.25) is 0 Å². The maximum atomic E-state index is 10.6. The van der Waals surface area contributed by atoms with Crippen molar-refractivity contribution >= 4 is 27.7 Å². The molecule has 0 spiro atoms. The molecule has 2 N–H and O–H groups in total. The average molecular weight is 246 g/mol. The molecular formula is C7H8BrN3O2. The third-order valence-electron chi connectivity index (χ3n) is 1.34. The minimum absolute atomic E-state index is 0.0362. The van der Waals surface area contributed by atoms with Crippen molar-refractivity contribution in [3.8, 4) is 0 Å². The summed E-state index contributed by atoms with van der Waals surface area (Å²) in [6, 6.07) is 0. The van der Waals surface area contributed by atoms with Crippen molar-refractivity contribution in [1.29, 1.82) is 0 Å². The molecule has 0 aliphatic rings. The van der Waals surface area contributed by atoms with Gasteiger partial charge in [0.1, 0.15) is 12.1 Å². The third kappa shape index (κ3) is 2.15. The van der Waals surface area contributed by atoms with Gasteiger partial charge in [-0.05, 0) is 22.9 Å². The lowest BCUT2D eigenvalue weighted by Crippen LogP contribution is -2.07. The number of hydrogen-bond donors (Lipinski definition) is 2. The van der Waals surface area contributed by atoms with E-state index in [9.17, 15) is 4.79 Å². The summed E-state index contributed by atoms with van der Waals surface area (Å²) in [4.78, 5) is 18.1. The number of aromatic nitrogens is 2. The molecule has 0 saturated carbocycles. The van der Waals surface area contributed by atoms with Gasteiger partial charge in [-0.1, -0.05) is 0 Å². The largest absolute Gasteiger partial charge is 0.476 e. The normalized spacial score (nSPS) is 9.69. The summed E-state index contributed by atoms with van der Waals surface area (Å²) in [5, 5.41) is 11.6. The highest BCUT2D eigenvalue weighted by molar-refractivity contribution is 9.10. The highest BCUT2D eigenvalue weighted by Gasteiger charge is 2.13. The van der Waals surface area contributed by atoms with Crippen LogP contribution in [0.3, 0.4) is 0 Å². The Balaban J connectivity index is 3.10. The summed E-state index contributed by atoms with van der Waals surface area (Å²) in [6.07, 6.45) is 1.21. The van der Waals surface area contributed by atoms with Crippen LogP contribution in [0, 0.1) is 0 Å². The van der Waals surface area contributed by atoms with Crippen LogP contribution < -0.4 is 5.32 Å². The second kappa shape index (κ2) is 4.18. The highest BCUT2D eigenvalue weighted by Crippen LogP contribution is 2.21. The molecule has 0 amide bonds. The van der Waals surface area contributed by atoms with Gasteiger partial charge in [-0.25, -0.2) is 14.8 Å². The molecular weight excluding hydrogens is 238 g/mol. The maximum absolute atomic E-state index is 10.6. The zero-order valence-electron chi connectivity index (χ0n) is 6.91. The molecule has 13 heavy (non-hydrogen) atoms. The molecule has 0 fully saturated rings. The Morgan fingerprint density at radius 3 is 2.92 bits per heavy atom. The van der Waals surface area contributed by atoms with Crippen LogP contribution in [-0.4, -0.2) is 27.6 Å². The molecule has 70 valence electrons. The fraction of sp³-hybridized carbons (Fsp3) is 0.286. The van der Waals surface area contributed by atoms with E-state index >= 15 is 0 Å². The molecule has 0 aliphatic carbocycles. The van der Waals surface area contributed by atoms with E-state index in [1.165, 1.54) is 6.33 Å². The second-order valence-corrected chi connectivity index (χ2v) is 3.01. The summed E-state index contributed by atoms with van der Waals surface area (Å²) in [5.41, 5.74) is -0.0362. The number of aromatic carboxylic acids is 1. The first kappa shape index (κ1) is 9.91. The van der Waals surface area contributed by atoms with Crippen molar-refractivity contribution in [2.75, 3.05) is 11.9 Å². The van der Waals surface area contributed by atoms with E-state index < -0.39 is 5.97 Å². The zero-order chi connectivity index (χ0) is 9.84. The lowest BCUT2D eigenvalue weighted by Gasteiger charge is -2.05. The van der Waals surface area contributed by atoms with Gasteiger partial charge >= 0.3 is 5.97 Å². The molecule has 1 aromatic rings. The highest BCUT2D eigenvalue weighted by atomic mass is 79.9. The van der Waals surface area contributed by atoms with Gasteiger partial charge in [0.25, 0.3) is 0 Å². The fourth-order valence-electron chi connectivity index (χ4n) is 0.810. The van der Waals surface area contributed by atoms with Crippen molar-refractivity contribution in [1.82, 2.24) is 9.97 Å². The Labute approximate surface area is 83.3 Å². The molecule has 0 aliphatic heterocycles. The average Bonchev–Trinajstić information content (AvgIpc) is 2.08. The SMILES string of the molecule is CCNc1ncnc(C(=O)O)c1Br.